The summed E-state index contributed by atoms with van der Waals surface area (Å²) < 4.78 is 22.5. The maximum absolute atomic E-state index is 11.5. The highest BCUT2D eigenvalue weighted by Crippen LogP contribution is 1.94. The molecule has 0 aliphatic heterocycles. The van der Waals surface area contributed by atoms with E-state index in [9.17, 15) is 8.78 Å². The molecule has 0 nitrogen and oxygen atoms in total. The molecule has 0 aliphatic carbocycles. The molecular formula is C4H8F2. The van der Waals surface area contributed by atoms with E-state index in [1.807, 2.05) is 0 Å². The molecule has 38 valence electrons. The number of hydrogen-bond donors (Lipinski definition) is 0. The predicted octanol–water partition coefficient (Wildman–Crippen LogP) is 1.70. The van der Waals surface area contributed by atoms with Crippen molar-refractivity contribution >= 4 is 0 Å². The molecule has 0 aromatic carbocycles. The van der Waals surface area contributed by atoms with Crippen LogP contribution in [-0.2, 0) is 0 Å². The highest BCUT2D eigenvalue weighted by molar-refractivity contribution is 4.45. The molecule has 0 rings (SSSR count). The zero-order chi connectivity index (χ0) is 4.99. The topological polar surface area (TPSA) is 0 Å². The zero-order valence-electron chi connectivity index (χ0n) is 3.75. The maximum atomic E-state index is 11.5. The molecular weight excluding hydrogens is 86.0 g/mol. The summed E-state index contributed by atoms with van der Waals surface area (Å²) in [6, 6.07) is 0. The molecule has 0 N–H and O–H groups in total. The third kappa shape index (κ3) is 2.12. The van der Waals surface area contributed by atoms with Gasteiger partial charge in [-0.3, -0.25) is 0 Å². The van der Waals surface area contributed by atoms with Gasteiger partial charge in [0.05, 0.1) is 0 Å². The van der Waals surface area contributed by atoms with E-state index in [4.69, 9.17) is 0 Å². The molecule has 2 heteroatoms. The van der Waals surface area contributed by atoms with E-state index in [2.05, 4.69) is 0 Å². The smallest absolute Gasteiger partial charge is 0.128 e. The molecule has 0 radical (unpaired) electrons. The molecule has 0 amide bonds. The van der Waals surface area contributed by atoms with Crippen molar-refractivity contribution < 1.29 is 8.78 Å². The first kappa shape index (κ1) is 5.86. The van der Waals surface area contributed by atoms with Crippen LogP contribution in [0.3, 0.4) is 0 Å². The van der Waals surface area contributed by atoms with E-state index < -0.39 is 12.8 Å². The van der Waals surface area contributed by atoms with E-state index in [-0.39, 0.29) is 6.42 Å². The summed E-state index contributed by atoms with van der Waals surface area (Å²) in [6.45, 7) is 0.779. The summed E-state index contributed by atoms with van der Waals surface area (Å²) >= 11 is 0. The first-order valence-corrected chi connectivity index (χ1v) is 2.01. The monoisotopic (exact) mass is 94.1 g/mol. The summed E-state index contributed by atoms with van der Waals surface area (Å²) in [5, 5.41) is 0. The first-order chi connectivity index (χ1) is 2.81. The van der Waals surface area contributed by atoms with Crippen molar-refractivity contribution in [3.63, 3.8) is 0 Å². The van der Waals surface area contributed by atoms with E-state index in [0.717, 1.165) is 0 Å². The summed E-state index contributed by atoms with van der Waals surface area (Å²) in [5.41, 5.74) is 0. The summed E-state index contributed by atoms with van der Waals surface area (Å²) in [5.74, 6) is 0. The molecule has 0 saturated carbocycles. The van der Waals surface area contributed by atoms with E-state index in [1.54, 1.807) is 6.92 Å². The molecule has 0 saturated heterocycles. The lowest BCUT2D eigenvalue weighted by molar-refractivity contribution is 0.254. The van der Waals surface area contributed by atoms with Gasteiger partial charge in [-0.05, 0) is 6.42 Å². The summed E-state index contributed by atoms with van der Waals surface area (Å²) in [7, 11) is 0. The minimum atomic E-state index is -1.23. The Hall–Kier alpha value is -0.140. The van der Waals surface area contributed by atoms with Crippen LogP contribution in [0.2, 0.25) is 0 Å². The molecule has 0 aromatic rings. The highest BCUT2D eigenvalue weighted by Gasteiger charge is 1.97. The lowest BCUT2D eigenvalue weighted by Gasteiger charge is -1.91. The van der Waals surface area contributed by atoms with Crippen LogP contribution in [0, 0.1) is 0 Å². The minimum Gasteiger partial charge on any atom is -0.248 e. The van der Waals surface area contributed by atoms with Crippen LogP contribution in [-0.4, -0.2) is 12.8 Å². The van der Waals surface area contributed by atoms with Crippen molar-refractivity contribution in [3.05, 3.63) is 0 Å². The standard InChI is InChI=1S/C4H8F2/c1-2-4(6)3-5/h4H,2-3H2,1H3/t4-/m0/s1. The van der Waals surface area contributed by atoms with Crippen molar-refractivity contribution in [2.75, 3.05) is 6.67 Å². The van der Waals surface area contributed by atoms with E-state index in [1.165, 1.54) is 0 Å². The number of halogens is 2. The normalized spacial score (nSPS) is 14.5. The second-order valence-corrected chi connectivity index (χ2v) is 1.16. The molecule has 0 fully saturated rings. The van der Waals surface area contributed by atoms with Crippen molar-refractivity contribution in [2.45, 2.75) is 19.5 Å². The highest BCUT2D eigenvalue weighted by atomic mass is 19.2. The van der Waals surface area contributed by atoms with Gasteiger partial charge in [-0.25, -0.2) is 8.78 Å². The lowest BCUT2D eigenvalue weighted by atomic mass is 10.3. The Morgan fingerprint density at radius 2 is 2.17 bits per heavy atom. The van der Waals surface area contributed by atoms with Crippen LogP contribution < -0.4 is 0 Å². The Kier molecular flexibility index (Phi) is 2.99. The van der Waals surface area contributed by atoms with Gasteiger partial charge in [0.2, 0.25) is 0 Å². The molecule has 0 unspecified atom stereocenters. The van der Waals surface area contributed by atoms with Gasteiger partial charge >= 0.3 is 0 Å². The quantitative estimate of drug-likeness (QED) is 0.488. The summed E-state index contributed by atoms with van der Waals surface area (Å²) in [4.78, 5) is 0. The molecule has 0 aromatic heterocycles. The molecule has 0 bridgehead atoms. The maximum Gasteiger partial charge on any atom is 0.128 e. The average molecular weight is 94.1 g/mol. The number of alkyl halides is 2. The van der Waals surface area contributed by atoms with Crippen LogP contribution in [0.5, 0.6) is 0 Å². The van der Waals surface area contributed by atoms with Gasteiger partial charge in [-0.15, -0.1) is 0 Å². The van der Waals surface area contributed by atoms with Crippen molar-refractivity contribution in [1.29, 1.82) is 0 Å². The Morgan fingerprint density at radius 3 is 2.17 bits per heavy atom. The number of rotatable bonds is 2. The van der Waals surface area contributed by atoms with Crippen molar-refractivity contribution in [1.82, 2.24) is 0 Å². The third-order valence-electron chi connectivity index (χ3n) is 0.610. The van der Waals surface area contributed by atoms with Gasteiger partial charge in [0, 0.05) is 0 Å². The number of hydrogen-bond acceptors (Lipinski definition) is 0. The Morgan fingerprint density at radius 1 is 1.67 bits per heavy atom. The lowest BCUT2D eigenvalue weighted by Crippen LogP contribution is -1.97. The van der Waals surface area contributed by atoms with Gasteiger partial charge < -0.3 is 0 Å². The van der Waals surface area contributed by atoms with Crippen molar-refractivity contribution in [3.8, 4) is 0 Å². The predicted molar refractivity (Wildman–Crippen MR) is 21.2 cm³/mol. The second kappa shape index (κ2) is 3.07. The van der Waals surface area contributed by atoms with E-state index in [0.29, 0.717) is 0 Å². The molecule has 1 atom stereocenters. The van der Waals surface area contributed by atoms with Crippen LogP contribution >= 0.6 is 0 Å². The van der Waals surface area contributed by atoms with Crippen molar-refractivity contribution in [2.24, 2.45) is 0 Å². The van der Waals surface area contributed by atoms with Gasteiger partial charge in [0.25, 0.3) is 0 Å². The minimum absolute atomic E-state index is 0.288. The van der Waals surface area contributed by atoms with Gasteiger partial charge in [0.1, 0.15) is 12.8 Å². The average Bonchev–Trinajstić information content (AvgIpc) is 1.65. The second-order valence-electron chi connectivity index (χ2n) is 1.16. The fraction of sp³-hybridized carbons (Fsp3) is 1.00. The van der Waals surface area contributed by atoms with Crippen LogP contribution in [0.25, 0.3) is 0 Å². The SMILES string of the molecule is CC[C@H](F)CF. The van der Waals surface area contributed by atoms with Crippen LogP contribution in [0.1, 0.15) is 13.3 Å². The first-order valence-electron chi connectivity index (χ1n) is 2.01. The fourth-order valence-electron chi connectivity index (χ4n) is 0.109. The summed E-state index contributed by atoms with van der Waals surface area (Å²) in [6.07, 6.45) is -0.943. The van der Waals surface area contributed by atoms with Crippen LogP contribution in [0.4, 0.5) is 8.78 Å². The van der Waals surface area contributed by atoms with Gasteiger partial charge in [-0.2, -0.15) is 0 Å². The largest absolute Gasteiger partial charge is 0.248 e. The van der Waals surface area contributed by atoms with Gasteiger partial charge in [-0.1, -0.05) is 6.92 Å². The van der Waals surface area contributed by atoms with E-state index >= 15 is 0 Å². The van der Waals surface area contributed by atoms with Gasteiger partial charge in [0.15, 0.2) is 0 Å². The third-order valence-corrected chi connectivity index (χ3v) is 0.610. The van der Waals surface area contributed by atoms with Crippen LogP contribution in [0.15, 0.2) is 0 Å². The molecule has 6 heavy (non-hydrogen) atoms. The Labute approximate surface area is 36.2 Å². The molecule has 0 spiro atoms. The molecule has 0 aliphatic rings. The molecule has 0 heterocycles. The fourth-order valence-corrected chi connectivity index (χ4v) is 0.109. The Balaban J connectivity index is 2.75. The Bertz CT molecular complexity index is 24.7. The zero-order valence-corrected chi connectivity index (χ0v) is 3.75.